The van der Waals surface area contributed by atoms with E-state index in [-0.39, 0.29) is 24.6 Å². The molecular formula is C19H20BrN3O3. The monoisotopic (exact) mass is 417 g/mol. The molecule has 1 aromatic heterocycles. The zero-order chi connectivity index (χ0) is 19.3. The number of hydrogen-bond acceptors (Lipinski definition) is 4. The second-order valence-electron chi connectivity index (χ2n) is 5.66. The lowest BCUT2D eigenvalue weighted by Gasteiger charge is -2.23. The molecule has 0 radical (unpaired) electrons. The number of methoxy groups -OCH3 is 1. The zero-order valence-corrected chi connectivity index (χ0v) is 16.5. The van der Waals surface area contributed by atoms with Crippen LogP contribution in [-0.2, 0) is 22.7 Å². The highest BCUT2D eigenvalue weighted by Crippen LogP contribution is 2.23. The van der Waals surface area contributed by atoms with Crippen LogP contribution < -0.4 is 10.5 Å². The molecule has 2 rings (SSSR count). The fraction of sp³-hybridized carbons (Fsp3) is 0.316. The molecule has 0 aliphatic rings. The Hall–Kier alpha value is -2.43. The number of benzene rings is 1. The molecular weight excluding hydrogens is 398 g/mol. The molecule has 0 fully saturated rings. The van der Waals surface area contributed by atoms with Crippen LogP contribution in [0.4, 0.5) is 5.69 Å². The van der Waals surface area contributed by atoms with Gasteiger partial charge in [0.2, 0.25) is 5.91 Å². The lowest BCUT2D eigenvalue weighted by Crippen LogP contribution is -2.38. The summed E-state index contributed by atoms with van der Waals surface area (Å²) in [6.07, 6.45) is 0. The molecule has 0 saturated carbocycles. The van der Waals surface area contributed by atoms with Gasteiger partial charge in [-0.3, -0.25) is 9.59 Å². The van der Waals surface area contributed by atoms with Crippen molar-refractivity contribution in [3.8, 4) is 6.07 Å². The standard InChI is InChI=1S/C19H20BrN3O3/c1-4-22(14-8-6-5-7-9-14)17(24)11-23-13(2)18(20)16(12-26-3)15(10-21)19(23)25/h5-9H,4,11-12H2,1-3H3. The largest absolute Gasteiger partial charge is 0.380 e. The van der Waals surface area contributed by atoms with Gasteiger partial charge in [0, 0.05) is 35.1 Å². The second-order valence-corrected chi connectivity index (χ2v) is 6.46. The van der Waals surface area contributed by atoms with Crippen LogP contribution in [0.25, 0.3) is 0 Å². The molecule has 6 nitrogen and oxygen atoms in total. The predicted octanol–water partition coefficient (Wildman–Crippen LogP) is 2.99. The van der Waals surface area contributed by atoms with Crippen LogP contribution >= 0.6 is 15.9 Å². The van der Waals surface area contributed by atoms with Crippen LogP contribution in [0.3, 0.4) is 0 Å². The first-order chi connectivity index (χ1) is 12.5. The third-order valence-corrected chi connectivity index (χ3v) is 5.18. The van der Waals surface area contributed by atoms with E-state index in [4.69, 9.17) is 4.74 Å². The van der Waals surface area contributed by atoms with Crippen molar-refractivity contribution in [1.29, 1.82) is 5.26 Å². The number of ether oxygens (including phenoxy) is 1. The van der Waals surface area contributed by atoms with Crippen molar-refractivity contribution >= 4 is 27.5 Å². The molecule has 0 spiro atoms. The Kier molecular flexibility index (Phi) is 6.72. The lowest BCUT2D eigenvalue weighted by molar-refractivity contribution is -0.119. The van der Waals surface area contributed by atoms with Crippen molar-refractivity contribution in [1.82, 2.24) is 4.57 Å². The van der Waals surface area contributed by atoms with Gasteiger partial charge in [0.15, 0.2) is 0 Å². The number of para-hydroxylation sites is 1. The van der Waals surface area contributed by atoms with Gasteiger partial charge < -0.3 is 14.2 Å². The molecule has 0 unspecified atom stereocenters. The normalized spacial score (nSPS) is 10.4. The topological polar surface area (TPSA) is 75.3 Å². The van der Waals surface area contributed by atoms with E-state index < -0.39 is 5.56 Å². The summed E-state index contributed by atoms with van der Waals surface area (Å²) in [6, 6.07) is 11.2. The lowest BCUT2D eigenvalue weighted by atomic mass is 10.1. The number of nitrogens with zero attached hydrogens (tertiary/aromatic N) is 3. The van der Waals surface area contributed by atoms with Crippen molar-refractivity contribution in [2.24, 2.45) is 0 Å². The third kappa shape index (κ3) is 3.87. The number of rotatable bonds is 6. The van der Waals surface area contributed by atoms with E-state index in [0.717, 1.165) is 5.69 Å². The number of aromatic nitrogens is 1. The first-order valence-corrected chi connectivity index (χ1v) is 8.91. The van der Waals surface area contributed by atoms with Gasteiger partial charge in [0.1, 0.15) is 18.2 Å². The predicted molar refractivity (Wildman–Crippen MR) is 103 cm³/mol. The quantitative estimate of drug-likeness (QED) is 0.723. The van der Waals surface area contributed by atoms with Crippen LogP contribution in [0.2, 0.25) is 0 Å². The Bertz CT molecular complexity index is 901. The van der Waals surface area contributed by atoms with Crippen molar-refractivity contribution in [2.75, 3.05) is 18.6 Å². The summed E-state index contributed by atoms with van der Waals surface area (Å²) >= 11 is 3.43. The second kappa shape index (κ2) is 8.79. The number of likely N-dealkylation sites (N-methyl/N-ethyl adjacent to an activating group) is 1. The Morgan fingerprint density at radius 1 is 1.35 bits per heavy atom. The summed E-state index contributed by atoms with van der Waals surface area (Å²) in [5.74, 6) is -0.223. The van der Waals surface area contributed by atoms with Crippen LogP contribution in [0.1, 0.15) is 23.7 Å². The van der Waals surface area contributed by atoms with E-state index in [1.807, 2.05) is 43.3 Å². The molecule has 0 aliphatic carbocycles. The summed E-state index contributed by atoms with van der Waals surface area (Å²) in [6.45, 7) is 4.08. The van der Waals surface area contributed by atoms with Gasteiger partial charge in [-0.1, -0.05) is 18.2 Å². The summed E-state index contributed by atoms with van der Waals surface area (Å²) in [4.78, 5) is 27.2. The number of carbonyl (C=O) groups excluding carboxylic acids is 1. The van der Waals surface area contributed by atoms with E-state index in [0.29, 0.717) is 22.3 Å². The SMILES string of the molecule is CCN(C(=O)Cn1c(C)c(Br)c(COC)c(C#N)c1=O)c1ccccc1. The average molecular weight is 418 g/mol. The highest BCUT2D eigenvalue weighted by molar-refractivity contribution is 9.10. The summed E-state index contributed by atoms with van der Waals surface area (Å²) in [5, 5.41) is 9.40. The molecule has 2 aromatic rings. The van der Waals surface area contributed by atoms with E-state index in [9.17, 15) is 14.9 Å². The third-order valence-electron chi connectivity index (χ3n) is 4.13. The van der Waals surface area contributed by atoms with Gasteiger partial charge in [-0.2, -0.15) is 5.26 Å². The molecule has 136 valence electrons. The fourth-order valence-electron chi connectivity index (χ4n) is 2.78. The Labute approximate surface area is 160 Å². The molecule has 1 heterocycles. The number of anilines is 1. The Morgan fingerprint density at radius 3 is 2.54 bits per heavy atom. The first-order valence-electron chi connectivity index (χ1n) is 8.12. The number of pyridine rings is 1. The van der Waals surface area contributed by atoms with E-state index in [1.54, 1.807) is 11.8 Å². The maximum atomic E-state index is 12.8. The molecule has 0 saturated heterocycles. The van der Waals surface area contributed by atoms with Crippen LogP contribution in [-0.4, -0.2) is 24.1 Å². The minimum absolute atomic E-state index is 0.0140. The molecule has 0 bridgehead atoms. The molecule has 26 heavy (non-hydrogen) atoms. The van der Waals surface area contributed by atoms with E-state index >= 15 is 0 Å². The van der Waals surface area contributed by atoms with Crippen molar-refractivity contribution in [3.05, 3.63) is 62.0 Å². The van der Waals surface area contributed by atoms with Crippen molar-refractivity contribution in [2.45, 2.75) is 27.0 Å². The zero-order valence-electron chi connectivity index (χ0n) is 15.0. The van der Waals surface area contributed by atoms with Gasteiger partial charge in [0.25, 0.3) is 5.56 Å². The number of halogens is 1. The Balaban J connectivity index is 2.46. The van der Waals surface area contributed by atoms with Gasteiger partial charge in [-0.15, -0.1) is 0 Å². The molecule has 0 aliphatic heterocycles. The molecule has 0 N–H and O–H groups in total. The molecule has 0 atom stereocenters. The fourth-order valence-corrected chi connectivity index (χ4v) is 3.31. The van der Waals surface area contributed by atoms with Gasteiger partial charge in [0.05, 0.1) is 6.61 Å². The van der Waals surface area contributed by atoms with Crippen LogP contribution in [0.5, 0.6) is 0 Å². The number of carbonyl (C=O) groups is 1. The maximum absolute atomic E-state index is 12.8. The van der Waals surface area contributed by atoms with Gasteiger partial charge in [-0.05, 0) is 41.9 Å². The van der Waals surface area contributed by atoms with E-state index in [1.165, 1.54) is 11.7 Å². The first kappa shape index (κ1) is 19.9. The van der Waals surface area contributed by atoms with Crippen LogP contribution in [0, 0.1) is 18.3 Å². The summed E-state index contributed by atoms with van der Waals surface area (Å²) < 4.78 is 7.02. The summed E-state index contributed by atoms with van der Waals surface area (Å²) in [5.41, 5.74) is 1.34. The van der Waals surface area contributed by atoms with Crippen LogP contribution in [0.15, 0.2) is 39.6 Å². The Morgan fingerprint density at radius 2 is 2.00 bits per heavy atom. The molecule has 7 heteroatoms. The van der Waals surface area contributed by atoms with Crippen molar-refractivity contribution in [3.63, 3.8) is 0 Å². The average Bonchev–Trinajstić information content (AvgIpc) is 2.65. The van der Waals surface area contributed by atoms with E-state index in [2.05, 4.69) is 15.9 Å². The van der Waals surface area contributed by atoms with Gasteiger partial charge in [-0.25, -0.2) is 0 Å². The number of nitriles is 1. The smallest absolute Gasteiger partial charge is 0.269 e. The number of hydrogen-bond donors (Lipinski definition) is 0. The highest BCUT2D eigenvalue weighted by atomic mass is 79.9. The minimum Gasteiger partial charge on any atom is -0.380 e. The van der Waals surface area contributed by atoms with Crippen molar-refractivity contribution < 1.29 is 9.53 Å². The highest BCUT2D eigenvalue weighted by Gasteiger charge is 2.21. The summed E-state index contributed by atoms with van der Waals surface area (Å²) in [7, 11) is 1.50. The minimum atomic E-state index is -0.488. The number of amides is 1. The molecule has 1 aromatic carbocycles. The van der Waals surface area contributed by atoms with Gasteiger partial charge >= 0.3 is 0 Å². The molecule has 1 amide bonds. The maximum Gasteiger partial charge on any atom is 0.269 e.